The number of amides is 1. The van der Waals surface area contributed by atoms with Crippen LogP contribution >= 0.6 is 24.0 Å². The number of hydrogen-bond acceptors (Lipinski definition) is 5. The smallest absolute Gasteiger partial charge is 0.270 e. The van der Waals surface area contributed by atoms with E-state index in [1.165, 1.54) is 28.8 Å². The predicted octanol–water partition coefficient (Wildman–Crippen LogP) is 4.07. The molecule has 0 N–H and O–H groups in total. The molecule has 0 aliphatic carbocycles. The second kappa shape index (κ2) is 7.80. The lowest BCUT2D eigenvalue weighted by molar-refractivity contribution is -0.113. The summed E-state index contributed by atoms with van der Waals surface area (Å²) in [6.45, 7) is 3.26. The number of morpholine rings is 1. The summed E-state index contributed by atoms with van der Waals surface area (Å²) < 4.78 is 19.0. The number of thioether (sulfide) groups is 1. The monoisotopic (exact) mass is 400 g/mol. The highest BCUT2D eigenvalue weighted by Crippen LogP contribution is 2.36. The van der Waals surface area contributed by atoms with Crippen molar-refractivity contribution in [2.45, 2.75) is 0 Å². The number of carbonyl (C=O) groups is 1. The fourth-order valence-corrected chi connectivity index (χ4v) is 4.33. The summed E-state index contributed by atoms with van der Waals surface area (Å²) in [5.74, 6) is -0.533. The Balaban J connectivity index is 1.53. The SMILES string of the molecule is O=C1/C(=C\c2ccc(N3CCOCC3)cc2)SC(=S)N1c1ccc(F)cc1. The van der Waals surface area contributed by atoms with Crippen molar-refractivity contribution >= 4 is 51.7 Å². The van der Waals surface area contributed by atoms with Gasteiger partial charge >= 0.3 is 0 Å². The zero-order valence-electron chi connectivity index (χ0n) is 14.4. The number of anilines is 2. The molecular weight excluding hydrogens is 383 g/mol. The van der Waals surface area contributed by atoms with Crippen molar-refractivity contribution in [2.24, 2.45) is 0 Å². The minimum atomic E-state index is -0.347. The van der Waals surface area contributed by atoms with Crippen LogP contribution in [0.1, 0.15) is 5.56 Å². The van der Waals surface area contributed by atoms with Crippen LogP contribution in [0.4, 0.5) is 15.8 Å². The minimum Gasteiger partial charge on any atom is -0.378 e. The van der Waals surface area contributed by atoms with Crippen LogP contribution in [0.5, 0.6) is 0 Å². The first-order chi connectivity index (χ1) is 13.1. The Kier molecular flexibility index (Phi) is 5.24. The molecule has 27 heavy (non-hydrogen) atoms. The summed E-state index contributed by atoms with van der Waals surface area (Å²) in [5.41, 5.74) is 2.66. The number of ether oxygens (including phenoxy) is 1. The van der Waals surface area contributed by atoms with Gasteiger partial charge in [0.15, 0.2) is 4.32 Å². The lowest BCUT2D eigenvalue weighted by atomic mass is 10.1. The van der Waals surface area contributed by atoms with Gasteiger partial charge < -0.3 is 9.64 Å². The average Bonchev–Trinajstić information content (AvgIpc) is 2.97. The molecule has 2 saturated heterocycles. The molecule has 1 amide bonds. The van der Waals surface area contributed by atoms with Gasteiger partial charge in [0, 0.05) is 18.8 Å². The number of hydrogen-bond donors (Lipinski definition) is 0. The van der Waals surface area contributed by atoms with Crippen LogP contribution in [0.2, 0.25) is 0 Å². The highest BCUT2D eigenvalue weighted by molar-refractivity contribution is 8.27. The zero-order valence-corrected chi connectivity index (χ0v) is 16.1. The van der Waals surface area contributed by atoms with Crippen molar-refractivity contribution in [1.82, 2.24) is 0 Å². The van der Waals surface area contributed by atoms with Gasteiger partial charge in [-0.15, -0.1) is 0 Å². The van der Waals surface area contributed by atoms with Crippen LogP contribution in [0.25, 0.3) is 6.08 Å². The van der Waals surface area contributed by atoms with Crippen LogP contribution in [0.3, 0.4) is 0 Å². The summed E-state index contributed by atoms with van der Waals surface area (Å²) in [7, 11) is 0. The van der Waals surface area contributed by atoms with E-state index in [1.54, 1.807) is 12.1 Å². The number of rotatable bonds is 3. The Morgan fingerprint density at radius 3 is 2.30 bits per heavy atom. The quantitative estimate of drug-likeness (QED) is 0.573. The van der Waals surface area contributed by atoms with E-state index in [4.69, 9.17) is 17.0 Å². The average molecular weight is 401 g/mol. The van der Waals surface area contributed by atoms with Crippen molar-refractivity contribution < 1.29 is 13.9 Å². The second-order valence-corrected chi connectivity index (χ2v) is 7.86. The molecule has 0 saturated carbocycles. The fourth-order valence-electron chi connectivity index (χ4n) is 3.03. The predicted molar refractivity (Wildman–Crippen MR) is 112 cm³/mol. The lowest BCUT2D eigenvalue weighted by Gasteiger charge is -2.28. The molecule has 138 valence electrons. The van der Waals surface area contributed by atoms with E-state index in [2.05, 4.69) is 17.0 Å². The van der Waals surface area contributed by atoms with Crippen molar-refractivity contribution in [2.75, 3.05) is 36.1 Å². The van der Waals surface area contributed by atoms with Crippen molar-refractivity contribution in [3.05, 3.63) is 64.8 Å². The van der Waals surface area contributed by atoms with Gasteiger partial charge in [0.2, 0.25) is 0 Å². The topological polar surface area (TPSA) is 32.8 Å². The van der Waals surface area contributed by atoms with E-state index in [0.29, 0.717) is 14.9 Å². The van der Waals surface area contributed by atoms with Crippen molar-refractivity contribution in [1.29, 1.82) is 0 Å². The largest absolute Gasteiger partial charge is 0.378 e. The van der Waals surface area contributed by atoms with Crippen LogP contribution in [-0.4, -0.2) is 36.5 Å². The zero-order chi connectivity index (χ0) is 18.8. The van der Waals surface area contributed by atoms with Crippen molar-refractivity contribution in [3.8, 4) is 0 Å². The summed E-state index contributed by atoms with van der Waals surface area (Å²) in [5, 5.41) is 0. The molecule has 2 aliphatic heterocycles. The van der Waals surface area contributed by atoms with Gasteiger partial charge in [0.05, 0.1) is 23.8 Å². The molecule has 0 spiro atoms. The van der Waals surface area contributed by atoms with E-state index in [9.17, 15) is 9.18 Å². The Labute approximate surface area is 166 Å². The molecule has 4 nitrogen and oxygen atoms in total. The highest BCUT2D eigenvalue weighted by Gasteiger charge is 2.33. The number of halogens is 1. The maximum atomic E-state index is 13.1. The Morgan fingerprint density at radius 2 is 1.63 bits per heavy atom. The van der Waals surface area contributed by atoms with Crippen LogP contribution in [0, 0.1) is 5.82 Å². The summed E-state index contributed by atoms with van der Waals surface area (Å²) in [6, 6.07) is 13.9. The maximum Gasteiger partial charge on any atom is 0.270 e. The van der Waals surface area contributed by atoms with Gasteiger partial charge in [-0.3, -0.25) is 9.69 Å². The summed E-state index contributed by atoms with van der Waals surface area (Å²) in [4.78, 5) is 17.0. The molecule has 2 aromatic carbocycles. The lowest BCUT2D eigenvalue weighted by Crippen LogP contribution is -2.36. The molecule has 2 heterocycles. The molecule has 2 aliphatic rings. The van der Waals surface area contributed by atoms with Gasteiger partial charge in [-0.05, 0) is 48.0 Å². The number of benzene rings is 2. The van der Waals surface area contributed by atoms with Gasteiger partial charge in [0.25, 0.3) is 5.91 Å². The van der Waals surface area contributed by atoms with E-state index in [0.717, 1.165) is 37.6 Å². The molecule has 0 atom stereocenters. The molecule has 2 fully saturated rings. The summed E-state index contributed by atoms with van der Waals surface area (Å²) in [6.07, 6.45) is 1.84. The standard InChI is InChI=1S/C20H17FN2O2S2/c21-15-3-7-17(8-4-15)23-19(24)18(27-20(23)26)13-14-1-5-16(6-2-14)22-9-11-25-12-10-22/h1-8,13H,9-12H2/b18-13+. The Hall–Kier alpha value is -2.22. The number of carbonyl (C=O) groups excluding carboxylic acids is 1. The molecule has 0 radical (unpaired) electrons. The first-order valence-corrected chi connectivity index (χ1v) is 9.80. The van der Waals surface area contributed by atoms with E-state index in [-0.39, 0.29) is 11.7 Å². The molecule has 0 bridgehead atoms. The van der Waals surface area contributed by atoms with E-state index >= 15 is 0 Å². The highest BCUT2D eigenvalue weighted by atomic mass is 32.2. The third-order valence-electron chi connectivity index (χ3n) is 4.45. The van der Waals surface area contributed by atoms with Crippen molar-refractivity contribution in [3.63, 3.8) is 0 Å². The number of nitrogens with zero attached hydrogens (tertiary/aromatic N) is 2. The summed E-state index contributed by atoms with van der Waals surface area (Å²) >= 11 is 6.60. The van der Waals surface area contributed by atoms with Gasteiger partial charge in [-0.25, -0.2) is 4.39 Å². The first-order valence-electron chi connectivity index (χ1n) is 8.58. The molecular formula is C20H17FN2O2S2. The van der Waals surface area contributed by atoms with Crippen LogP contribution in [0.15, 0.2) is 53.4 Å². The third-order valence-corrected chi connectivity index (χ3v) is 5.75. The van der Waals surface area contributed by atoms with Crippen LogP contribution in [-0.2, 0) is 9.53 Å². The van der Waals surface area contributed by atoms with E-state index < -0.39 is 0 Å². The minimum absolute atomic E-state index is 0.186. The third kappa shape index (κ3) is 3.90. The normalized spacial score (nSPS) is 19.2. The number of thiocarbonyl (C=S) groups is 1. The molecule has 7 heteroatoms. The van der Waals surface area contributed by atoms with Gasteiger partial charge in [-0.2, -0.15) is 0 Å². The molecule has 0 aromatic heterocycles. The van der Waals surface area contributed by atoms with Gasteiger partial charge in [-0.1, -0.05) is 36.1 Å². The molecule has 4 rings (SSSR count). The maximum absolute atomic E-state index is 13.1. The second-order valence-electron chi connectivity index (χ2n) is 6.18. The van der Waals surface area contributed by atoms with Gasteiger partial charge in [0.1, 0.15) is 5.82 Å². The van der Waals surface area contributed by atoms with Crippen LogP contribution < -0.4 is 9.80 Å². The molecule has 0 unspecified atom stereocenters. The Bertz CT molecular complexity index is 891. The van der Waals surface area contributed by atoms with E-state index in [1.807, 2.05) is 18.2 Å². The first kappa shape index (κ1) is 18.2. The molecule has 2 aromatic rings. The Morgan fingerprint density at radius 1 is 1.00 bits per heavy atom. The fraction of sp³-hybridized carbons (Fsp3) is 0.200.